The largest absolute Gasteiger partial charge is 0.337 e. The Labute approximate surface area is 129 Å². The lowest BCUT2D eigenvalue weighted by molar-refractivity contribution is 0.602. The van der Waals surface area contributed by atoms with Crippen LogP contribution in [0, 0.1) is 0 Å². The Morgan fingerprint density at radius 1 is 1.24 bits per heavy atom. The fourth-order valence-electron chi connectivity index (χ4n) is 1.91. The summed E-state index contributed by atoms with van der Waals surface area (Å²) in [6.07, 6.45) is 6.49. The minimum Gasteiger partial charge on any atom is -0.337 e. The number of sulfone groups is 1. The Hall–Kier alpha value is -1.93. The van der Waals surface area contributed by atoms with Gasteiger partial charge in [0.15, 0.2) is 21.3 Å². The van der Waals surface area contributed by atoms with Crippen molar-refractivity contribution in [3.05, 3.63) is 47.5 Å². The number of hydrogen-bond acceptors (Lipinski definition) is 5. The zero-order valence-electron chi connectivity index (χ0n) is 11.0. The van der Waals surface area contributed by atoms with Crippen LogP contribution in [0.15, 0.2) is 52.4 Å². The number of halogens is 1. The molecule has 3 rings (SSSR count). The lowest BCUT2D eigenvalue weighted by Gasteiger charge is -2.08. The van der Waals surface area contributed by atoms with Gasteiger partial charge in [-0.1, -0.05) is 0 Å². The number of imidazole rings is 1. The molecule has 2 aromatic heterocycles. The SMILES string of the molecule is CS(=O)(=O)c1ccc(Nc2nc(Br)cn3ccnc23)cc1. The second-order valence-electron chi connectivity index (χ2n) is 4.49. The molecule has 21 heavy (non-hydrogen) atoms. The van der Waals surface area contributed by atoms with Crippen molar-refractivity contribution in [2.24, 2.45) is 0 Å². The summed E-state index contributed by atoms with van der Waals surface area (Å²) < 4.78 is 25.4. The number of hydrogen-bond donors (Lipinski definition) is 1. The zero-order chi connectivity index (χ0) is 15.0. The van der Waals surface area contributed by atoms with Gasteiger partial charge in [-0.05, 0) is 40.2 Å². The van der Waals surface area contributed by atoms with Crippen molar-refractivity contribution in [3.8, 4) is 0 Å². The van der Waals surface area contributed by atoms with Crippen LogP contribution in [0.25, 0.3) is 5.65 Å². The highest BCUT2D eigenvalue weighted by Gasteiger charge is 2.09. The highest BCUT2D eigenvalue weighted by molar-refractivity contribution is 9.10. The van der Waals surface area contributed by atoms with Gasteiger partial charge in [0.2, 0.25) is 0 Å². The van der Waals surface area contributed by atoms with E-state index in [1.54, 1.807) is 36.7 Å². The van der Waals surface area contributed by atoms with Crippen molar-refractivity contribution < 1.29 is 8.42 Å². The van der Waals surface area contributed by atoms with Gasteiger partial charge in [-0.3, -0.25) is 0 Å². The summed E-state index contributed by atoms with van der Waals surface area (Å²) in [7, 11) is -3.19. The number of anilines is 2. The number of fused-ring (bicyclic) bond motifs is 1. The number of nitrogens with one attached hydrogen (secondary N) is 1. The maximum Gasteiger partial charge on any atom is 0.180 e. The van der Waals surface area contributed by atoms with Crippen molar-refractivity contribution in [1.82, 2.24) is 14.4 Å². The Kier molecular flexibility index (Phi) is 3.42. The van der Waals surface area contributed by atoms with Gasteiger partial charge >= 0.3 is 0 Å². The predicted octanol–water partition coefficient (Wildman–Crippen LogP) is 2.64. The van der Waals surface area contributed by atoms with Gasteiger partial charge in [0.05, 0.1) is 4.90 Å². The molecule has 0 saturated heterocycles. The molecule has 108 valence electrons. The third kappa shape index (κ3) is 2.91. The molecule has 0 fully saturated rings. The summed E-state index contributed by atoms with van der Waals surface area (Å²) in [6.45, 7) is 0. The van der Waals surface area contributed by atoms with Gasteiger partial charge in [-0.25, -0.2) is 18.4 Å². The van der Waals surface area contributed by atoms with Crippen LogP contribution in [0.2, 0.25) is 0 Å². The van der Waals surface area contributed by atoms with E-state index in [0.29, 0.717) is 16.1 Å². The summed E-state index contributed by atoms with van der Waals surface area (Å²) in [5, 5.41) is 3.13. The summed E-state index contributed by atoms with van der Waals surface area (Å²) in [5.41, 5.74) is 1.42. The van der Waals surface area contributed by atoms with Crippen LogP contribution in [0.4, 0.5) is 11.5 Å². The van der Waals surface area contributed by atoms with E-state index in [2.05, 4.69) is 31.2 Å². The molecule has 0 aliphatic heterocycles. The second kappa shape index (κ2) is 5.12. The Morgan fingerprint density at radius 3 is 2.62 bits per heavy atom. The minimum absolute atomic E-state index is 0.279. The fourth-order valence-corrected chi connectivity index (χ4v) is 2.94. The van der Waals surface area contributed by atoms with E-state index in [1.165, 1.54) is 6.26 Å². The van der Waals surface area contributed by atoms with E-state index in [-0.39, 0.29) is 4.90 Å². The van der Waals surface area contributed by atoms with Crippen LogP contribution in [0.3, 0.4) is 0 Å². The van der Waals surface area contributed by atoms with Gasteiger partial charge in [-0.15, -0.1) is 0 Å². The lowest BCUT2D eigenvalue weighted by atomic mass is 10.3. The highest BCUT2D eigenvalue weighted by Crippen LogP contribution is 2.22. The highest BCUT2D eigenvalue weighted by atomic mass is 79.9. The topological polar surface area (TPSA) is 76.4 Å². The van der Waals surface area contributed by atoms with Crippen LogP contribution in [0.5, 0.6) is 0 Å². The quantitative estimate of drug-likeness (QED) is 0.770. The Morgan fingerprint density at radius 2 is 1.95 bits per heavy atom. The molecule has 1 N–H and O–H groups in total. The van der Waals surface area contributed by atoms with E-state index in [4.69, 9.17) is 0 Å². The van der Waals surface area contributed by atoms with Gasteiger partial charge in [-0.2, -0.15) is 0 Å². The van der Waals surface area contributed by atoms with Crippen molar-refractivity contribution in [3.63, 3.8) is 0 Å². The molecule has 0 aliphatic carbocycles. The average molecular weight is 367 g/mol. The second-order valence-corrected chi connectivity index (χ2v) is 7.32. The van der Waals surface area contributed by atoms with E-state index in [0.717, 1.165) is 5.69 Å². The number of benzene rings is 1. The van der Waals surface area contributed by atoms with E-state index in [1.807, 2.05) is 10.6 Å². The average Bonchev–Trinajstić information content (AvgIpc) is 2.86. The molecule has 0 bridgehead atoms. The van der Waals surface area contributed by atoms with E-state index in [9.17, 15) is 8.42 Å². The smallest absolute Gasteiger partial charge is 0.180 e. The number of aromatic nitrogens is 3. The molecule has 6 nitrogen and oxygen atoms in total. The molecule has 0 aliphatic rings. The first-order valence-electron chi connectivity index (χ1n) is 6.00. The summed E-state index contributed by atoms with van der Waals surface area (Å²) in [6, 6.07) is 6.49. The predicted molar refractivity (Wildman–Crippen MR) is 83.5 cm³/mol. The van der Waals surface area contributed by atoms with Crippen LogP contribution in [0.1, 0.15) is 0 Å². The molecular weight excluding hydrogens is 356 g/mol. The van der Waals surface area contributed by atoms with Gasteiger partial charge in [0.25, 0.3) is 0 Å². The Bertz CT molecular complexity index is 904. The molecule has 0 saturated carbocycles. The maximum absolute atomic E-state index is 11.4. The molecule has 0 unspecified atom stereocenters. The normalized spacial score (nSPS) is 11.7. The molecule has 8 heteroatoms. The first-order chi connectivity index (χ1) is 9.93. The maximum atomic E-state index is 11.4. The molecule has 3 aromatic rings. The molecule has 0 radical (unpaired) electrons. The van der Waals surface area contributed by atoms with Crippen molar-refractivity contribution in [2.45, 2.75) is 4.90 Å². The van der Waals surface area contributed by atoms with E-state index < -0.39 is 9.84 Å². The van der Waals surface area contributed by atoms with Crippen LogP contribution >= 0.6 is 15.9 Å². The zero-order valence-corrected chi connectivity index (χ0v) is 13.4. The van der Waals surface area contributed by atoms with Crippen LogP contribution < -0.4 is 5.32 Å². The van der Waals surface area contributed by atoms with Crippen molar-refractivity contribution >= 4 is 42.9 Å². The van der Waals surface area contributed by atoms with Gasteiger partial charge in [0, 0.05) is 30.5 Å². The van der Waals surface area contributed by atoms with Gasteiger partial charge in [0.1, 0.15) is 4.60 Å². The number of rotatable bonds is 3. The van der Waals surface area contributed by atoms with Crippen LogP contribution in [-0.2, 0) is 9.84 Å². The summed E-state index contributed by atoms with van der Waals surface area (Å²) in [5.74, 6) is 0.585. The lowest BCUT2D eigenvalue weighted by Crippen LogP contribution is -2.00. The standard InChI is InChI=1S/C13H11BrN4O2S/c1-21(19,20)10-4-2-9(3-5-10)16-12-13-15-6-7-18(13)8-11(14)17-12/h2-8H,1H3,(H,16,17). The van der Waals surface area contributed by atoms with Crippen molar-refractivity contribution in [1.29, 1.82) is 0 Å². The minimum atomic E-state index is -3.19. The monoisotopic (exact) mass is 366 g/mol. The molecular formula is C13H11BrN4O2S. The molecule has 0 atom stereocenters. The third-order valence-corrected chi connectivity index (χ3v) is 4.40. The summed E-state index contributed by atoms with van der Waals surface area (Å²) in [4.78, 5) is 8.86. The molecule has 0 amide bonds. The molecule has 1 aromatic carbocycles. The Balaban J connectivity index is 1.97. The van der Waals surface area contributed by atoms with Crippen molar-refractivity contribution in [2.75, 3.05) is 11.6 Å². The third-order valence-electron chi connectivity index (χ3n) is 2.89. The van der Waals surface area contributed by atoms with Gasteiger partial charge < -0.3 is 9.72 Å². The molecule has 0 spiro atoms. The first kappa shape index (κ1) is 14.0. The fraction of sp³-hybridized carbons (Fsp3) is 0.0769. The summed E-state index contributed by atoms with van der Waals surface area (Å²) >= 11 is 3.34. The molecule has 2 heterocycles. The van der Waals surface area contributed by atoms with E-state index >= 15 is 0 Å². The number of nitrogens with zero attached hydrogens (tertiary/aromatic N) is 3. The van der Waals surface area contributed by atoms with Crippen LogP contribution in [-0.4, -0.2) is 29.0 Å². The first-order valence-corrected chi connectivity index (χ1v) is 8.68.